The van der Waals surface area contributed by atoms with E-state index in [1.165, 1.54) is 11.8 Å². The molecule has 0 aliphatic carbocycles. The van der Waals surface area contributed by atoms with Gasteiger partial charge in [0.05, 0.1) is 11.7 Å². The number of amides is 1. The summed E-state index contributed by atoms with van der Waals surface area (Å²) in [5, 5.41) is 11.3. The average molecular weight is 333 g/mol. The highest BCUT2D eigenvalue weighted by atomic mass is 79.9. The quantitative estimate of drug-likeness (QED) is 0.835. The van der Waals surface area contributed by atoms with Gasteiger partial charge in [-0.1, -0.05) is 6.92 Å². The van der Waals surface area contributed by atoms with Crippen LogP contribution in [-0.2, 0) is 9.59 Å². The van der Waals surface area contributed by atoms with Gasteiger partial charge in [0.2, 0.25) is 5.91 Å². The number of nitrogens with zero attached hydrogens (tertiary/aromatic N) is 1. The van der Waals surface area contributed by atoms with Gasteiger partial charge in [0, 0.05) is 16.4 Å². The lowest BCUT2D eigenvalue weighted by atomic mass is 10.2. The molecule has 0 saturated heterocycles. The van der Waals surface area contributed by atoms with E-state index >= 15 is 0 Å². The normalized spacial score (nSPS) is 11.9. The van der Waals surface area contributed by atoms with Crippen LogP contribution < -0.4 is 5.32 Å². The number of hydrogen-bond donors (Lipinski definition) is 2. The maximum atomic E-state index is 11.5. The molecule has 0 radical (unpaired) electrons. The SMILES string of the molecule is CC(CSCC(=O)Nc1ccc(Br)cn1)C(=O)O. The fourth-order valence-corrected chi connectivity index (χ4v) is 2.13. The van der Waals surface area contributed by atoms with E-state index in [-0.39, 0.29) is 11.7 Å². The first-order chi connectivity index (χ1) is 8.49. The number of aliphatic carboxylic acids is 1. The van der Waals surface area contributed by atoms with E-state index in [2.05, 4.69) is 26.2 Å². The van der Waals surface area contributed by atoms with Gasteiger partial charge in [-0.05, 0) is 28.1 Å². The highest BCUT2D eigenvalue weighted by molar-refractivity contribution is 9.10. The van der Waals surface area contributed by atoms with E-state index in [0.717, 1.165) is 4.47 Å². The number of aromatic nitrogens is 1. The van der Waals surface area contributed by atoms with Crippen molar-refractivity contribution in [1.82, 2.24) is 4.98 Å². The van der Waals surface area contributed by atoms with Gasteiger partial charge in [-0.25, -0.2) is 4.98 Å². The van der Waals surface area contributed by atoms with Gasteiger partial charge in [0.1, 0.15) is 5.82 Å². The maximum absolute atomic E-state index is 11.5. The number of carboxylic acids is 1. The third kappa shape index (κ3) is 5.50. The van der Waals surface area contributed by atoms with Gasteiger partial charge in [-0.15, -0.1) is 0 Å². The van der Waals surface area contributed by atoms with Crippen LogP contribution in [0.3, 0.4) is 0 Å². The average Bonchev–Trinajstić information content (AvgIpc) is 2.32. The van der Waals surface area contributed by atoms with Crippen LogP contribution >= 0.6 is 27.7 Å². The third-order valence-electron chi connectivity index (χ3n) is 2.02. The number of carboxylic acid groups (broad SMARTS) is 1. The van der Waals surface area contributed by atoms with Crippen molar-refractivity contribution in [1.29, 1.82) is 0 Å². The number of thioether (sulfide) groups is 1. The molecule has 0 aromatic carbocycles. The van der Waals surface area contributed by atoms with Gasteiger partial charge in [-0.3, -0.25) is 9.59 Å². The Morgan fingerprint density at radius 2 is 2.28 bits per heavy atom. The number of hydrogen-bond acceptors (Lipinski definition) is 4. The van der Waals surface area contributed by atoms with Crippen LogP contribution in [0.1, 0.15) is 6.92 Å². The van der Waals surface area contributed by atoms with Crippen molar-refractivity contribution in [3.8, 4) is 0 Å². The fourth-order valence-electron chi connectivity index (χ4n) is 1.03. The second kappa shape index (κ2) is 7.38. The summed E-state index contributed by atoms with van der Waals surface area (Å²) in [7, 11) is 0. The fraction of sp³-hybridized carbons (Fsp3) is 0.364. The molecule has 2 N–H and O–H groups in total. The molecular formula is C11H13BrN2O3S. The topological polar surface area (TPSA) is 79.3 Å². The molecule has 0 spiro atoms. The van der Waals surface area contributed by atoms with Crippen molar-refractivity contribution in [2.24, 2.45) is 5.92 Å². The number of pyridine rings is 1. The number of carbonyl (C=O) groups excluding carboxylic acids is 1. The summed E-state index contributed by atoms with van der Waals surface area (Å²) in [5.41, 5.74) is 0. The molecule has 18 heavy (non-hydrogen) atoms. The van der Waals surface area contributed by atoms with Crippen LogP contribution in [0.25, 0.3) is 0 Å². The summed E-state index contributed by atoms with van der Waals surface area (Å²) in [4.78, 5) is 26.1. The first-order valence-electron chi connectivity index (χ1n) is 5.21. The Kier molecular flexibility index (Phi) is 6.14. The molecule has 0 bridgehead atoms. The predicted molar refractivity (Wildman–Crippen MR) is 74.7 cm³/mol. The summed E-state index contributed by atoms with van der Waals surface area (Å²) < 4.78 is 0.838. The van der Waals surface area contributed by atoms with Crippen LogP contribution in [0, 0.1) is 5.92 Å². The second-order valence-electron chi connectivity index (χ2n) is 3.66. The summed E-state index contributed by atoms with van der Waals surface area (Å²) in [6.07, 6.45) is 1.59. The number of halogens is 1. The van der Waals surface area contributed by atoms with E-state index < -0.39 is 11.9 Å². The van der Waals surface area contributed by atoms with E-state index in [9.17, 15) is 9.59 Å². The molecule has 0 saturated carbocycles. The minimum Gasteiger partial charge on any atom is -0.481 e. The lowest BCUT2D eigenvalue weighted by Crippen LogP contribution is -2.17. The van der Waals surface area contributed by atoms with Crippen molar-refractivity contribution in [2.75, 3.05) is 16.8 Å². The molecule has 98 valence electrons. The largest absolute Gasteiger partial charge is 0.481 e. The molecule has 1 aromatic rings. The first-order valence-corrected chi connectivity index (χ1v) is 7.15. The van der Waals surface area contributed by atoms with Crippen molar-refractivity contribution in [3.05, 3.63) is 22.8 Å². The molecule has 1 atom stereocenters. The Hall–Kier alpha value is -1.08. The standard InChI is InChI=1S/C11H13BrN2O3S/c1-7(11(16)17)5-18-6-10(15)14-9-3-2-8(12)4-13-9/h2-4,7H,5-6H2,1H3,(H,16,17)(H,13,14,15). The van der Waals surface area contributed by atoms with Gasteiger partial charge < -0.3 is 10.4 Å². The summed E-state index contributed by atoms with van der Waals surface area (Å²) in [6.45, 7) is 1.61. The summed E-state index contributed by atoms with van der Waals surface area (Å²) in [5.74, 6) is -0.375. The number of rotatable bonds is 6. The minimum atomic E-state index is -0.850. The molecule has 1 rings (SSSR count). The zero-order valence-electron chi connectivity index (χ0n) is 9.72. The van der Waals surface area contributed by atoms with Crippen molar-refractivity contribution < 1.29 is 14.7 Å². The van der Waals surface area contributed by atoms with Gasteiger partial charge in [-0.2, -0.15) is 11.8 Å². The molecular weight excluding hydrogens is 320 g/mol. The van der Waals surface area contributed by atoms with Crippen LogP contribution in [0.2, 0.25) is 0 Å². The number of carbonyl (C=O) groups is 2. The molecule has 0 fully saturated rings. The molecule has 1 unspecified atom stereocenters. The van der Waals surface area contributed by atoms with Crippen molar-refractivity contribution in [2.45, 2.75) is 6.92 Å². The van der Waals surface area contributed by atoms with Crippen LogP contribution in [0.5, 0.6) is 0 Å². The Labute approximate surface area is 117 Å². The van der Waals surface area contributed by atoms with Crippen LogP contribution in [-0.4, -0.2) is 33.5 Å². The predicted octanol–water partition coefficient (Wildman–Crippen LogP) is 2.24. The van der Waals surface area contributed by atoms with E-state index in [0.29, 0.717) is 11.6 Å². The minimum absolute atomic E-state index is 0.188. The monoisotopic (exact) mass is 332 g/mol. The van der Waals surface area contributed by atoms with Crippen LogP contribution in [0.4, 0.5) is 5.82 Å². The third-order valence-corrected chi connectivity index (χ3v) is 3.69. The molecule has 0 aliphatic heterocycles. The molecule has 1 aromatic heterocycles. The Morgan fingerprint density at radius 1 is 1.56 bits per heavy atom. The van der Waals surface area contributed by atoms with Crippen molar-refractivity contribution in [3.63, 3.8) is 0 Å². The number of nitrogens with one attached hydrogen (secondary N) is 1. The summed E-state index contributed by atoms with van der Waals surface area (Å²) in [6, 6.07) is 3.47. The Bertz CT molecular complexity index is 425. The summed E-state index contributed by atoms with van der Waals surface area (Å²) >= 11 is 4.54. The number of anilines is 1. The lowest BCUT2D eigenvalue weighted by molar-refractivity contribution is -0.140. The maximum Gasteiger partial charge on any atom is 0.307 e. The lowest BCUT2D eigenvalue weighted by Gasteiger charge is -2.06. The molecule has 5 nitrogen and oxygen atoms in total. The zero-order chi connectivity index (χ0) is 13.5. The smallest absolute Gasteiger partial charge is 0.307 e. The Balaban J connectivity index is 2.30. The van der Waals surface area contributed by atoms with Gasteiger partial charge >= 0.3 is 5.97 Å². The molecule has 1 amide bonds. The molecule has 7 heteroatoms. The van der Waals surface area contributed by atoms with Gasteiger partial charge in [0.15, 0.2) is 0 Å². The van der Waals surface area contributed by atoms with E-state index in [4.69, 9.17) is 5.11 Å². The highest BCUT2D eigenvalue weighted by Gasteiger charge is 2.11. The highest BCUT2D eigenvalue weighted by Crippen LogP contribution is 2.12. The second-order valence-corrected chi connectivity index (χ2v) is 5.61. The van der Waals surface area contributed by atoms with Gasteiger partial charge in [0.25, 0.3) is 0 Å². The molecule has 1 heterocycles. The van der Waals surface area contributed by atoms with Crippen LogP contribution in [0.15, 0.2) is 22.8 Å². The molecule has 0 aliphatic rings. The zero-order valence-corrected chi connectivity index (χ0v) is 12.1. The van der Waals surface area contributed by atoms with E-state index in [1.807, 2.05) is 0 Å². The van der Waals surface area contributed by atoms with E-state index in [1.54, 1.807) is 25.3 Å². The Morgan fingerprint density at radius 3 is 2.83 bits per heavy atom. The van der Waals surface area contributed by atoms with Crippen molar-refractivity contribution >= 4 is 45.4 Å². The first kappa shape index (κ1) is 15.0.